The van der Waals surface area contributed by atoms with Gasteiger partial charge in [-0.05, 0) is 43.0 Å². The van der Waals surface area contributed by atoms with Crippen molar-refractivity contribution in [3.8, 4) is 0 Å². The van der Waals surface area contributed by atoms with Crippen molar-refractivity contribution < 1.29 is 9.59 Å². The first-order chi connectivity index (χ1) is 13.5. The van der Waals surface area contributed by atoms with Crippen LogP contribution in [-0.2, 0) is 11.2 Å². The maximum absolute atomic E-state index is 12.9. The Balaban J connectivity index is 1.49. The zero-order valence-electron chi connectivity index (χ0n) is 16.4. The zero-order chi connectivity index (χ0) is 19.7. The van der Waals surface area contributed by atoms with Crippen molar-refractivity contribution in [3.63, 3.8) is 0 Å². The van der Waals surface area contributed by atoms with Crippen molar-refractivity contribution in [2.75, 3.05) is 43.4 Å². The number of amides is 3. The maximum Gasteiger partial charge on any atom is 0.321 e. The molecule has 7 heteroatoms. The highest BCUT2D eigenvalue weighted by Crippen LogP contribution is 2.34. The van der Waals surface area contributed by atoms with Gasteiger partial charge in [0.15, 0.2) is 0 Å². The van der Waals surface area contributed by atoms with Gasteiger partial charge in [-0.25, -0.2) is 4.79 Å². The highest BCUT2D eigenvalue weighted by atomic mass is 32.1. The number of hydrogen-bond acceptors (Lipinski definition) is 4. The first kappa shape index (κ1) is 19.0. The minimum Gasteiger partial charge on any atom is -0.323 e. The Hall–Kier alpha value is -2.38. The average Bonchev–Trinajstić information content (AvgIpc) is 3.36. The van der Waals surface area contributed by atoms with Gasteiger partial charge in [-0.2, -0.15) is 11.3 Å². The standard InChI is InChI=1S/C21H26N4O2S/c1-3-16-6-4-5-7-18(16)22-20(27)24-10-9-21(14-24)15-25(17-8-11-28-13-17)19(26)12-23(21)2/h4-8,11,13H,3,9-10,12,14-15H2,1-2H3,(H,22,27). The predicted octanol–water partition coefficient (Wildman–Crippen LogP) is 3.27. The lowest BCUT2D eigenvalue weighted by Crippen LogP contribution is -2.64. The minimum atomic E-state index is -0.197. The number of carbonyl (C=O) groups excluding carboxylic acids is 2. The molecule has 1 aromatic carbocycles. The smallest absolute Gasteiger partial charge is 0.321 e. The van der Waals surface area contributed by atoms with Crippen LogP contribution in [0.5, 0.6) is 0 Å². The van der Waals surface area contributed by atoms with E-state index in [0.717, 1.165) is 29.8 Å². The number of nitrogens with zero attached hydrogens (tertiary/aromatic N) is 3. The minimum absolute atomic E-state index is 0.0647. The number of anilines is 2. The number of thiophene rings is 1. The van der Waals surface area contributed by atoms with Crippen molar-refractivity contribution >= 4 is 34.6 Å². The highest BCUT2D eigenvalue weighted by Gasteiger charge is 2.48. The maximum atomic E-state index is 12.9. The molecule has 0 bridgehead atoms. The fourth-order valence-corrected chi connectivity index (χ4v) is 4.86. The molecule has 148 valence electrons. The quantitative estimate of drug-likeness (QED) is 0.863. The van der Waals surface area contributed by atoms with Gasteiger partial charge in [0.05, 0.1) is 17.8 Å². The van der Waals surface area contributed by atoms with E-state index in [9.17, 15) is 9.59 Å². The number of nitrogens with one attached hydrogen (secondary N) is 1. The largest absolute Gasteiger partial charge is 0.323 e. The van der Waals surface area contributed by atoms with Gasteiger partial charge < -0.3 is 15.1 Å². The molecule has 2 saturated heterocycles. The summed E-state index contributed by atoms with van der Waals surface area (Å²) in [7, 11) is 2.00. The van der Waals surface area contributed by atoms with Crippen LogP contribution in [0.25, 0.3) is 0 Å². The molecule has 28 heavy (non-hydrogen) atoms. The van der Waals surface area contributed by atoms with Gasteiger partial charge in [-0.3, -0.25) is 9.69 Å². The second kappa shape index (κ2) is 7.56. The number of likely N-dealkylation sites (tertiary alicyclic amines) is 1. The lowest BCUT2D eigenvalue weighted by molar-refractivity contribution is -0.123. The lowest BCUT2D eigenvalue weighted by Gasteiger charge is -2.46. The summed E-state index contributed by atoms with van der Waals surface area (Å²) in [6, 6.07) is 9.85. The van der Waals surface area contributed by atoms with Crippen molar-refractivity contribution in [2.24, 2.45) is 0 Å². The van der Waals surface area contributed by atoms with E-state index < -0.39 is 0 Å². The zero-order valence-corrected chi connectivity index (χ0v) is 17.2. The molecular weight excluding hydrogens is 372 g/mol. The summed E-state index contributed by atoms with van der Waals surface area (Å²) in [6.45, 7) is 4.40. The molecule has 3 amide bonds. The Labute approximate surface area is 169 Å². The van der Waals surface area contributed by atoms with E-state index in [1.807, 2.05) is 57.9 Å². The molecule has 1 N–H and O–H groups in total. The van der Waals surface area contributed by atoms with Crippen molar-refractivity contribution in [1.29, 1.82) is 0 Å². The Bertz CT molecular complexity index is 869. The third kappa shape index (κ3) is 3.40. The number of carbonyl (C=O) groups is 2. The van der Waals surface area contributed by atoms with E-state index in [-0.39, 0.29) is 17.5 Å². The highest BCUT2D eigenvalue weighted by molar-refractivity contribution is 7.08. The second-order valence-electron chi connectivity index (χ2n) is 7.65. The van der Waals surface area contributed by atoms with Gasteiger partial charge in [0.2, 0.25) is 5.91 Å². The van der Waals surface area contributed by atoms with Crippen molar-refractivity contribution in [3.05, 3.63) is 46.7 Å². The van der Waals surface area contributed by atoms with Gasteiger partial charge in [0.1, 0.15) is 0 Å². The fourth-order valence-electron chi connectivity index (χ4n) is 4.22. The van der Waals surface area contributed by atoms with Crippen LogP contribution in [0.1, 0.15) is 18.9 Å². The Morgan fingerprint density at radius 2 is 2.07 bits per heavy atom. The van der Waals surface area contributed by atoms with Gasteiger partial charge in [0, 0.05) is 30.7 Å². The second-order valence-corrected chi connectivity index (χ2v) is 8.43. The summed E-state index contributed by atoms with van der Waals surface area (Å²) < 4.78 is 0. The molecule has 6 nitrogen and oxygen atoms in total. The van der Waals surface area contributed by atoms with Gasteiger partial charge >= 0.3 is 6.03 Å². The van der Waals surface area contributed by atoms with Gasteiger partial charge in [0.25, 0.3) is 0 Å². The number of urea groups is 1. The Morgan fingerprint density at radius 3 is 2.82 bits per heavy atom. The molecule has 0 aliphatic carbocycles. The first-order valence-electron chi connectivity index (χ1n) is 9.70. The van der Waals surface area contributed by atoms with E-state index in [2.05, 4.69) is 17.1 Å². The summed E-state index contributed by atoms with van der Waals surface area (Å²) >= 11 is 1.60. The molecule has 0 radical (unpaired) electrons. The molecule has 0 saturated carbocycles. The molecular formula is C21H26N4O2S. The van der Waals surface area contributed by atoms with Crippen LogP contribution < -0.4 is 10.2 Å². The Kier molecular flexibility index (Phi) is 5.12. The van der Waals surface area contributed by atoms with Crippen molar-refractivity contribution in [2.45, 2.75) is 25.3 Å². The number of hydrogen-bond donors (Lipinski definition) is 1. The molecule has 1 spiro atoms. The van der Waals surface area contributed by atoms with Crippen LogP contribution in [0.2, 0.25) is 0 Å². The predicted molar refractivity (Wildman–Crippen MR) is 113 cm³/mol. The summed E-state index contributed by atoms with van der Waals surface area (Å²) in [5, 5.41) is 7.08. The van der Waals surface area contributed by atoms with Crippen LogP contribution >= 0.6 is 11.3 Å². The van der Waals surface area contributed by atoms with E-state index in [4.69, 9.17) is 0 Å². The number of rotatable bonds is 3. The molecule has 2 fully saturated rings. The summed E-state index contributed by atoms with van der Waals surface area (Å²) in [6.07, 6.45) is 1.74. The SMILES string of the molecule is CCc1ccccc1NC(=O)N1CCC2(C1)CN(c1ccsc1)C(=O)CN2C. The molecule has 2 aliphatic heterocycles. The monoisotopic (exact) mass is 398 g/mol. The van der Waals surface area contributed by atoms with Gasteiger partial charge in [-0.1, -0.05) is 25.1 Å². The molecule has 4 rings (SSSR count). The molecule has 1 unspecified atom stereocenters. The number of benzene rings is 1. The topological polar surface area (TPSA) is 55.9 Å². The molecule has 1 aromatic heterocycles. The van der Waals surface area contributed by atoms with E-state index in [1.54, 1.807) is 11.3 Å². The molecule has 2 aliphatic rings. The Morgan fingerprint density at radius 1 is 1.25 bits per heavy atom. The van der Waals surface area contributed by atoms with Gasteiger partial charge in [-0.15, -0.1) is 0 Å². The van der Waals surface area contributed by atoms with E-state index in [0.29, 0.717) is 26.2 Å². The molecule has 3 heterocycles. The summed E-state index contributed by atoms with van der Waals surface area (Å²) in [4.78, 5) is 31.4. The average molecular weight is 399 g/mol. The normalized spacial score (nSPS) is 22.9. The first-order valence-corrected chi connectivity index (χ1v) is 10.6. The lowest BCUT2D eigenvalue weighted by atomic mass is 9.93. The van der Waals surface area contributed by atoms with Crippen LogP contribution in [0, 0.1) is 0 Å². The third-order valence-electron chi connectivity index (χ3n) is 6.01. The van der Waals surface area contributed by atoms with Crippen LogP contribution in [0.4, 0.5) is 16.2 Å². The van der Waals surface area contributed by atoms with Crippen molar-refractivity contribution in [1.82, 2.24) is 9.80 Å². The number of para-hydroxylation sites is 1. The molecule has 2 aromatic rings. The third-order valence-corrected chi connectivity index (χ3v) is 6.68. The summed E-state index contributed by atoms with van der Waals surface area (Å²) in [5.41, 5.74) is 2.77. The van der Waals surface area contributed by atoms with E-state index >= 15 is 0 Å². The van der Waals surface area contributed by atoms with Crippen LogP contribution in [0.15, 0.2) is 41.1 Å². The molecule has 1 atom stereocenters. The van der Waals surface area contributed by atoms with Crippen LogP contribution in [0.3, 0.4) is 0 Å². The fraction of sp³-hybridized carbons (Fsp3) is 0.429. The number of aryl methyl sites for hydroxylation is 1. The van der Waals surface area contributed by atoms with Crippen LogP contribution in [-0.4, -0.2) is 60.5 Å². The number of likely N-dealkylation sites (N-methyl/N-ethyl adjacent to an activating group) is 1. The van der Waals surface area contributed by atoms with E-state index in [1.165, 1.54) is 0 Å². The number of piperazine rings is 1. The summed E-state index contributed by atoms with van der Waals surface area (Å²) in [5.74, 6) is 0.117.